The van der Waals surface area contributed by atoms with Crippen molar-refractivity contribution >= 4 is 5.91 Å². The maximum absolute atomic E-state index is 12.3. The number of aromatic nitrogens is 1. The lowest BCUT2D eigenvalue weighted by atomic mass is 9.79. The number of carbonyl (C=O) groups is 1. The minimum atomic E-state index is 0.195. The molecule has 0 radical (unpaired) electrons. The van der Waals surface area contributed by atoms with E-state index in [1.54, 1.807) is 6.20 Å². The minimum Gasteiger partial charge on any atom is -0.478 e. The second kappa shape index (κ2) is 9.53. The first-order chi connectivity index (χ1) is 11.2. The van der Waals surface area contributed by atoms with E-state index >= 15 is 0 Å². The molecule has 0 unspecified atom stereocenters. The summed E-state index contributed by atoms with van der Waals surface area (Å²) in [5.74, 6) is 1.86. The summed E-state index contributed by atoms with van der Waals surface area (Å²) in [7, 11) is 0. The van der Waals surface area contributed by atoms with Gasteiger partial charge in [-0.25, -0.2) is 4.98 Å². The van der Waals surface area contributed by atoms with Gasteiger partial charge < -0.3 is 10.1 Å². The maximum Gasteiger partial charge on any atom is 0.223 e. The van der Waals surface area contributed by atoms with E-state index in [0.717, 1.165) is 24.3 Å². The number of hydrogen-bond donors (Lipinski definition) is 1. The van der Waals surface area contributed by atoms with Crippen molar-refractivity contribution in [3.8, 4) is 5.88 Å². The third kappa shape index (κ3) is 5.85. The zero-order valence-electron chi connectivity index (χ0n) is 14.5. The molecule has 1 amide bonds. The van der Waals surface area contributed by atoms with Crippen molar-refractivity contribution in [2.24, 2.45) is 11.8 Å². The van der Waals surface area contributed by atoms with Crippen LogP contribution in [0.15, 0.2) is 18.3 Å². The number of amides is 1. The predicted octanol–water partition coefficient (Wildman–Crippen LogP) is 4.09. The monoisotopic (exact) mass is 318 g/mol. The molecule has 1 saturated carbocycles. The Bertz CT molecular complexity index is 482. The Balaban J connectivity index is 1.74. The summed E-state index contributed by atoms with van der Waals surface area (Å²) in [4.78, 5) is 16.5. The molecule has 2 rings (SSSR count). The summed E-state index contributed by atoms with van der Waals surface area (Å²) in [5.41, 5.74) is 1.04. The highest BCUT2D eigenvalue weighted by atomic mass is 16.5. The summed E-state index contributed by atoms with van der Waals surface area (Å²) in [6.07, 6.45) is 10.2. The van der Waals surface area contributed by atoms with Crippen LogP contribution in [0.4, 0.5) is 0 Å². The summed E-state index contributed by atoms with van der Waals surface area (Å²) in [6.45, 7) is 5.34. The van der Waals surface area contributed by atoms with Crippen LogP contribution in [0.5, 0.6) is 5.88 Å². The van der Waals surface area contributed by atoms with Crippen molar-refractivity contribution in [1.82, 2.24) is 10.3 Å². The molecule has 23 heavy (non-hydrogen) atoms. The summed E-state index contributed by atoms with van der Waals surface area (Å²) in [5, 5.41) is 3.07. The number of carbonyl (C=O) groups excluding carboxylic acids is 1. The zero-order chi connectivity index (χ0) is 16.5. The van der Waals surface area contributed by atoms with Crippen LogP contribution in [0, 0.1) is 11.8 Å². The fourth-order valence-electron chi connectivity index (χ4n) is 3.33. The Kier molecular flexibility index (Phi) is 7.37. The second-order valence-electron chi connectivity index (χ2n) is 6.51. The van der Waals surface area contributed by atoms with Crippen molar-refractivity contribution in [3.05, 3.63) is 23.9 Å². The molecule has 4 heteroatoms. The van der Waals surface area contributed by atoms with Gasteiger partial charge in [0, 0.05) is 24.7 Å². The normalized spacial score (nSPS) is 21.0. The van der Waals surface area contributed by atoms with E-state index in [-0.39, 0.29) is 11.8 Å². The van der Waals surface area contributed by atoms with Crippen LogP contribution < -0.4 is 10.1 Å². The van der Waals surface area contributed by atoms with Gasteiger partial charge in [0.1, 0.15) is 0 Å². The Morgan fingerprint density at radius 1 is 1.30 bits per heavy atom. The molecule has 1 aromatic rings. The molecule has 4 nitrogen and oxygen atoms in total. The number of unbranched alkanes of at least 4 members (excludes halogenated alkanes) is 1. The Labute approximate surface area is 140 Å². The van der Waals surface area contributed by atoms with Gasteiger partial charge in [-0.05, 0) is 50.2 Å². The van der Waals surface area contributed by atoms with Crippen molar-refractivity contribution in [2.75, 3.05) is 6.61 Å². The molecule has 1 aliphatic rings. The molecule has 0 aromatic carbocycles. The van der Waals surface area contributed by atoms with Gasteiger partial charge in [0.15, 0.2) is 0 Å². The topological polar surface area (TPSA) is 51.2 Å². The van der Waals surface area contributed by atoms with E-state index in [4.69, 9.17) is 4.74 Å². The van der Waals surface area contributed by atoms with Gasteiger partial charge in [-0.1, -0.05) is 26.2 Å². The Morgan fingerprint density at radius 2 is 2.09 bits per heavy atom. The molecule has 1 aromatic heterocycles. The third-order valence-electron chi connectivity index (χ3n) is 4.74. The van der Waals surface area contributed by atoms with Gasteiger partial charge in [-0.3, -0.25) is 4.79 Å². The van der Waals surface area contributed by atoms with E-state index < -0.39 is 0 Å². The van der Waals surface area contributed by atoms with E-state index in [9.17, 15) is 4.79 Å². The highest BCUT2D eigenvalue weighted by Crippen LogP contribution is 2.32. The van der Waals surface area contributed by atoms with Gasteiger partial charge in [-0.15, -0.1) is 0 Å². The number of pyridine rings is 1. The molecule has 0 bridgehead atoms. The van der Waals surface area contributed by atoms with Crippen LogP contribution in [-0.4, -0.2) is 17.5 Å². The first-order valence-corrected chi connectivity index (χ1v) is 9.08. The number of nitrogens with zero attached hydrogens (tertiary/aromatic N) is 1. The van der Waals surface area contributed by atoms with Gasteiger partial charge in [0.25, 0.3) is 0 Å². The van der Waals surface area contributed by atoms with Crippen LogP contribution in [0.1, 0.15) is 64.4 Å². The molecule has 1 heterocycles. The molecule has 0 spiro atoms. The number of ether oxygens (including phenoxy) is 1. The largest absolute Gasteiger partial charge is 0.478 e. The molecule has 128 valence electrons. The summed E-state index contributed by atoms with van der Waals surface area (Å²) in [6, 6.07) is 3.82. The van der Waals surface area contributed by atoms with Crippen molar-refractivity contribution in [1.29, 1.82) is 0 Å². The first-order valence-electron chi connectivity index (χ1n) is 9.08. The van der Waals surface area contributed by atoms with Gasteiger partial charge in [0.05, 0.1) is 6.61 Å². The lowest BCUT2D eigenvalue weighted by molar-refractivity contribution is -0.126. The average Bonchev–Trinajstić information content (AvgIpc) is 2.59. The third-order valence-corrected chi connectivity index (χ3v) is 4.74. The minimum absolute atomic E-state index is 0.195. The van der Waals surface area contributed by atoms with Crippen LogP contribution in [0.2, 0.25) is 0 Å². The lowest BCUT2D eigenvalue weighted by Gasteiger charge is -2.27. The quantitative estimate of drug-likeness (QED) is 0.785. The lowest BCUT2D eigenvalue weighted by Crippen LogP contribution is -2.32. The molecule has 1 fully saturated rings. The fraction of sp³-hybridized carbons (Fsp3) is 0.684. The Hall–Kier alpha value is -1.58. The molecule has 1 N–H and O–H groups in total. The first kappa shape index (κ1) is 17.8. The SMILES string of the molecule is CCCCC1CCC(C(=O)NCc2ccnc(OCC)c2)CC1. The summed E-state index contributed by atoms with van der Waals surface area (Å²) < 4.78 is 5.39. The van der Waals surface area contributed by atoms with Crippen LogP contribution in [-0.2, 0) is 11.3 Å². The molecular formula is C19H30N2O2. The molecular weight excluding hydrogens is 288 g/mol. The predicted molar refractivity (Wildman–Crippen MR) is 92.2 cm³/mol. The van der Waals surface area contributed by atoms with Gasteiger partial charge >= 0.3 is 0 Å². The summed E-state index contributed by atoms with van der Waals surface area (Å²) >= 11 is 0. The smallest absolute Gasteiger partial charge is 0.223 e. The van der Waals surface area contributed by atoms with Crippen LogP contribution in [0.3, 0.4) is 0 Å². The maximum atomic E-state index is 12.3. The number of nitrogens with one attached hydrogen (secondary N) is 1. The van der Waals surface area contributed by atoms with E-state index in [1.807, 2.05) is 19.1 Å². The number of rotatable bonds is 8. The number of hydrogen-bond acceptors (Lipinski definition) is 3. The van der Waals surface area contributed by atoms with Crippen molar-refractivity contribution < 1.29 is 9.53 Å². The molecule has 0 atom stereocenters. The highest BCUT2D eigenvalue weighted by molar-refractivity contribution is 5.78. The van der Waals surface area contributed by atoms with Crippen LogP contribution >= 0.6 is 0 Å². The Morgan fingerprint density at radius 3 is 2.78 bits per heavy atom. The standard InChI is InChI=1S/C19H30N2O2/c1-3-5-6-15-7-9-17(10-8-15)19(22)21-14-16-11-12-20-18(13-16)23-4-2/h11-13,15,17H,3-10,14H2,1-2H3,(H,21,22). The molecule has 1 aliphatic carbocycles. The van der Waals surface area contributed by atoms with Gasteiger partial charge in [0.2, 0.25) is 11.8 Å². The highest BCUT2D eigenvalue weighted by Gasteiger charge is 2.25. The van der Waals surface area contributed by atoms with Crippen molar-refractivity contribution in [2.45, 2.75) is 65.3 Å². The van der Waals surface area contributed by atoms with Crippen LogP contribution in [0.25, 0.3) is 0 Å². The molecule has 0 aliphatic heterocycles. The van der Waals surface area contributed by atoms with E-state index in [2.05, 4.69) is 17.2 Å². The average molecular weight is 318 g/mol. The second-order valence-corrected chi connectivity index (χ2v) is 6.51. The van der Waals surface area contributed by atoms with E-state index in [0.29, 0.717) is 19.0 Å². The molecule has 0 saturated heterocycles. The fourth-order valence-corrected chi connectivity index (χ4v) is 3.33. The van der Waals surface area contributed by atoms with Gasteiger partial charge in [-0.2, -0.15) is 0 Å². The van der Waals surface area contributed by atoms with E-state index in [1.165, 1.54) is 32.1 Å². The zero-order valence-corrected chi connectivity index (χ0v) is 14.5. The van der Waals surface area contributed by atoms with Crippen molar-refractivity contribution in [3.63, 3.8) is 0 Å².